The molecule has 0 fully saturated rings. The lowest BCUT2D eigenvalue weighted by molar-refractivity contribution is 0.414. The highest BCUT2D eigenvalue weighted by Crippen LogP contribution is 2.18. The highest BCUT2D eigenvalue weighted by atomic mass is 16.5. The smallest absolute Gasteiger partial charge is 0.130 e. The molecule has 1 N–H and O–H groups in total. The molecule has 0 unspecified atom stereocenters. The molecule has 2 rings (SSSR count). The third-order valence-electron chi connectivity index (χ3n) is 3.04. The molecule has 4 nitrogen and oxygen atoms in total. The molecule has 20 heavy (non-hydrogen) atoms. The van der Waals surface area contributed by atoms with E-state index in [1.807, 2.05) is 43.4 Å². The normalized spacial score (nSPS) is 10.2. The van der Waals surface area contributed by atoms with Gasteiger partial charge in [-0.1, -0.05) is 18.2 Å². The SMILES string of the molecule is CCNc1cccc(N(C)Cc2cccc(OC)c2)n1. The highest BCUT2D eigenvalue weighted by Gasteiger charge is 2.05. The van der Waals surface area contributed by atoms with Crippen LogP contribution in [0.1, 0.15) is 12.5 Å². The van der Waals surface area contributed by atoms with Crippen LogP contribution in [0.2, 0.25) is 0 Å². The molecule has 0 radical (unpaired) electrons. The molecule has 0 amide bonds. The average molecular weight is 271 g/mol. The van der Waals surface area contributed by atoms with Crippen LogP contribution < -0.4 is 15.0 Å². The molecule has 0 bridgehead atoms. The summed E-state index contributed by atoms with van der Waals surface area (Å²) in [6.45, 7) is 3.73. The first-order valence-electron chi connectivity index (χ1n) is 6.78. The molecular weight excluding hydrogens is 250 g/mol. The van der Waals surface area contributed by atoms with Crippen LogP contribution >= 0.6 is 0 Å². The van der Waals surface area contributed by atoms with Gasteiger partial charge < -0.3 is 15.0 Å². The van der Waals surface area contributed by atoms with Crippen molar-refractivity contribution in [1.29, 1.82) is 0 Å². The minimum Gasteiger partial charge on any atom is -0.497 e. The maximum Gasteiger partial charge on any atom is 0.130 e. The van der Waals surface area contributed by atoms with Crippen LogP contribution in [0.25, 0.3) is 0 Å². The van der Waals surface area contributed by atoms with Crippen LogP contribution in [0, 0.1) is 0 Å². The molecule has 0 spiro atoms. The maximum atomic E-state index is 5.25. The summed E-state index contributed by atoms with van der Waals surface area (Å²) in [5.41, 5.74) is 1.20. The predicted octanol–water partition coefficient (Wildman–Crippen LogP) is 3.16. The number of methoxy groups -OCH3 is 1. The Bertz CT molecular complexity index is 557. The molecule has 4 heteroatoms. The zero-order valence-electron chi connectivity index (χ0n) is 12.3. The summed E-state index contributed by atoms with van der Waals surface area (Å²) in [6, 6.07) is 14.1. The maximum absolute atomic E-state index is 5.25. The van der Waals surface area contributed by atoms with Gasteiger partial charge >= 0.3 is 0 Å². The third kappa shape index (κ3) is 3.63. The molecule has 106 valence electrons. The highest BCUT2D eigenvalue weighted by molar-refractivity contribution is 5.47. The fraction of sp³-hybridized carbons (Fsp3) is 0.312. The molecule has 0 aliphatic heterocycles. The molecule has 2 aromatic rings. The first-order valence-corrected chi connectivity index (χ1v) is 6.78. The fourth-order valence-corrected chi connectivity index (χ4v) is 2.04. The lowest BCUT2D eigenvalue weighted by Gasteiger charge is -2.19. The van der Waals surface area contributed by atoms with Gasteiger partial charge in [0.25, 0.3) is 0 Å². The Kier molecular flexibility index (Phi) is 4.82. The lowest BCUT2D eigenvalue weighted by Crippen LogP contribution is -2.18. The van der Waals surface area contributed by atoms with Gasteiger partial charge in [-0.2, -0.15) is 0 Å². The molecule has 1 aromatic carbocycles. The van der Waals surface area contributed by atoms with E-state index < -0.39 is 0 Å². The molecule has 0 aliphatic rings. The zero-order valence-corrected chi connectivity index (χ0v) is 12.3. The Hall–Kier alpha value is -2.23. The van der Waals surface area contributed by atoms with E-state index in [1.165, 1.54) is 5.56 Å². The summed E-state index contributed by atoms with van der Waals surface area (Å²) in [7, 11) is 3.72. The van der Waals surface area contributed by atoms with Gasteiger partial charge in [0.2, 0.25) is 0 Å². The van der Waals surface area contributed by atoms with Crippen LogP contribution in [-0.4, -0.2) is 25.7 Å². The van der Waals surface area contributed by atoms with Gasteiger partial charge in [-0.3, -0.25) is 0 Å². The van der Waals surface area contributed by atoms with E-state index in [9.17, 15) is 0 Å². The van der Waals surface area contributed by atoms with E-state index >= 15 is 0 Å². The van der Waals surface area contributed by atoms with Crippen molar-refractivity contribution in [3.8, 4) is 5.75 Å². The van der Waals surface area contributed by atoms with E-state index in [2.05, 4.69) is 28.2 Å². The number of benzene rings is 1. The van der Waals surface area contributed by atoms with Gasteiger partial charge in [0.1, 0.15) is 17.4 Å². The number of hydrogen-bond acceptors (Lipinski definition) is 4. The van der Waals surface area contributed by atoms with Crippen LogP contribution in [0.15, 0.2) is 42.5 Å². The lowest BCUT2D eigenvalue weighted by atomic mass is 10.2. The first-order chi connectivity index (χ1) is 9.72. The fourth-order valence-electron chi connectivity index (χ4n) is 2.04. The summed E-state index contributed by atoms with van der Waals surface area (Å²) in [5.74, 6) is 2.74. The van der Waals surface area contributed by atoms with Crippen molar-refractivity contribution in [1.82, 2.24) is 4.98 Å². The van der Waals surface area contributed by atoms with Gasteiger partial charge in [-0.15, -0.1) is 0 Å². The van der Waals surface area contributed by atoms with Crippen molar-refractivity contribution >= 4 is 11.6 Å². The van der Waals surface area contributed by atoms with Crippen molar-refractivity contribution < 1.29 is 4.74 Å². The third-order valence-corrected chi connectivity index (χ3v) is 3.04. The summed E-state index contributed by atoms with van der Waals surface area (Å²) in [5, 5.41) is 3.23. The van der Waals surface area contributed by atoms with E-state index in [1.54, 1.807) is 7.11 Å². The van der Waals surface area contributed by atoms with E-state index in [4.69, 9.17) is 4.74 Å². The largest absolute Gasteiger partial charge is 0.497 e. The predicted molar refractivity (Wildman–Crippen MR) is 83.5 cm³/mol. The second-order valence-electron chi connectivity index (χ2n) is 4.62. The van der Waals surface area contributed by atoms with Gasteiger partial charge in [0.05, 0.1) is 7.11 Å². The zero-order chi connectivity index (χ0) is 14.4. The standard InChI is InChI=1S/C16H21N3O/c1-4-17-15-9-6-10-16(18-15)19(2)12-13-7-5-8-14(11-13)20-3/h5-11H,4,12H2,1-3H3,(H,17,18). The number of pyridine rings is 1. The first kappa shape index (κ1) is 14.2. The Balaban J connectivity index is 2.10. The summed E-state index contributed by atoms with van der Waals surface area (Å²) >= 11 is 0. The van der Waals surface area contributed by atoms with Crippen molar-refractivity contribution in [2.75, 3.05) is 30.9 Å². The number of anilines is 2. The van der Waals surface area contributed by atoms with E-state index in [0.717, 1.165) is 30.5 Å². The molecule has 0 atom stereocenters. The second kappa shape index (κ2) is 6.80. The summed E-state index contributed by atoms with van der Waals surface area (Å²) in [4.78, 5) is 6.71. The van der Waals surface area contributed by atoms with Gasteiger partial charge in [-0.05, 0) is 36.8 Å². The van der Waals surface area contributed by atoms with Gasteiger partial charge in [-0.25, -0.2) is 4.98 Å². The quantitative estimate of drug-likeness (QED) is 0.875. The average Bonchev–Trinajstić information content (AvgIpc) is 2.48. The number of nitrogens with zero attached hydrogens (tertiary/aromatic N) is 2. The molecular formula is C16H21N3O. The topological polar surface area (TPSA) is 37.4 Å². The van der Waals surface area contributed by atoms with Crippen molar-refractivity contribution in [3.05, 3.63) is 48.0 Å². The van der Waals surface area contributed by atoms with E-state index in [0.29, 0.717) is 0 Å². The number of aromatic nitrogens is 1. The molecule has 0 saturated heterocycles. The van der Waals surface area contributed by atoms with Gasteiger partial charge in [0.15, 0.2) is 0 Å². The monoisotopic (exact) mass is 271 g/mol. The molecule has 0 saturated carbocycles. The van der Waals surface area contributed by atoms with Crippen molar-refractivity contribution in [3.63, 3.8) is 0 Å². The van der Waals surface area contributed by atoms with E-state index in [-0.39, 0.29) is 0 Å². The Morgan fingerprint density at radius 2 is 2.00 bits per heavy atom. The molecule has 1 aromatic heterocycles. The van der Waals surface area contributed by atoms with Crippen LogP contribution in [-0.2, 0) is 6.54 Å². The number of ether oxygens (including phenoxy) is 1. The van der Waals surface area contributed by atoms with Crippen LogP contribution in [0.4, 0.5) is 11.6 Å². The van der Waals surface area contributed by atoms with Crippen molar-refractivity contribution in [2.45, 2.75) is 13.5 Å². The Morgan fingerprint density at radius 3 is 2.75 bits per heavy atom. The van der Waals surface area contributed by atoms with Crippen molar-refractivity contribution in [2.24, 2.45) is 0 Å². The minimum absolute atomic E-state index is 0.791. The minimum atomic E-state index is 0.791. The van der Waals surface area contributed by atoms with Crippen LogP contribution in [0.5, 0.6) is 5.75 Å². The molecule has 1 heterocycles. The number of rotatable bonds is 6. The Morgan fingerprint density at radius 1 is 1.20 bits per heavy atom. The molecule has 0 aliphatic carbocycles. The van der Waals surface area contributed by atoms with Gasteiger partial charge in [0, 0.05) is 20.1 Å². The second-order valence-corrected chi connectivity index (χ2v) is 4.62. The summed E-state index contributed by atoms with van der Waals surface area (Å²) < 4.78 is 5.25. The van der Waals surface area contributed by atoms with Crippen LogP contribution in [0.3, 0.4) is 0 Å². The number of nitrogens with one attached hydrogen (secondary N) is 1. The summed E-state index contributed by atoms with van der Waals surface area (Å²) in [6.07, 6.45) is 0. The number of hydrogen-bond donors (Lipinski definition) is 1. The Labute approximate surface area is 120 Å².